The van der Waals surface area contributed by atoms with Gasteiger partial charge in [0.05, 0.1) is 25.0 Å². The van der Waals surface area contributed by atoms with Crippen LogP contribution in [0.3, 0.4) is 0 Å². The summed E-state index contributed by atoms with van der Waals surface area (Å²) in [5.74, 6) is -0.409. The highest BCUT2D eigenvalue weighted by Crippen LogP contribution is 2.38. The van der Waals surface area contributed by atoms with Gasteiger partial charge in [0.15, 0.2) is 11.6 Å². The summed E-state index contributed by atoms with van der Waals surface area (Å²) in [5.41, 5.74) is 12.0. The number of imidazole rings is 1. The van der Waals surface area contributed by atoms with Crippen LogP contribution in [0.2, 0.25) is 0 Å². The number of piperidine rings is 1. The molecule has 1 fully saturated rings. The number of halogens is 4. The van der Waals surface area contributed by atoms with Crippen molar-refractivity contribution in [3.8, 4) is 16.9 Å². The molecule has 4 heterocycles. The van der Waals surface area contributed by atoms with Crippen molar-refractivity contribution in [2.24, 2.45) is 16.5 Å². The number of hydrogen-bond donors (Lipinski definition) is 4. The number of benzene rings is 1. The number of aliphatic imine (C=N–C) groups is 1. The van der Waals surface area contributed by atoms with Gasteiger partial charge in [-0.2, -0.15) is 0 Å². The summed E-state index contributed by atoms with van der Waals surface area (Å²) in [4.78, 5) is 14.8. The summed E-state index contributed by atoms with van der Waals surface area (Å²) in [5, 5.41) is 13.3. The van der Waals surface area contributed by atoms with E-state index in [1.165, 1.54) is 13.3 Å². The van der Waals surface area contributed by atoms with Gasteiger partial charge in [-0.1, -0.05) is 0 Å². The Balaban J connectivity index is 1.62. The van der Waals surface area contributed by atoms with Crippen molar-refractivity contribution < 1.29 is 27.4 Å². The number of pyridine rings is 1. The number of aromatic nitrogens is 3. The molecule has 0 unspecified atom stereocenters. The molecule has 0 bridgehead atoms. The van der Waals surface area contributed by atoms with Gasteiger partial charge in [0.1, 0.15) is 41.8 Å². The van der Waals surface area contributed by atoms with Gasteiger partial charge in [-0.25, -0.2) is 32.5 Å². The van der Waals surface area contributed by atoms with Crippen molar-refractivity contribution >= 4 is 17.5 Å². The van der Waals surface area contributed by atoms with Gasteiger partial charge in [0, 0.05) is 42.0 Å². The van der Waals surface area contributed by atoms with Crippen molar-refractivity contribution in [3.05, 3.63) is 53.6 Å². The Morgan fingerprint density at radius 2 is 1.95 bits per heavy atom. The van der Waals surface area contributed by atoms with Crippen molar-refractivity contribution in [2.75, 3.05) is 37.1 Å². The fourth-order valence-corrected chi connectivity index (χ4v) is 5.33. The Kier molecular flexibility index (Phi) is 7.31. The number of nitrogens with two attached hydrogens (primary N) is 2. The Labute approximate surface area is 227 Å². The van der Waals surface area contributed by atoms with Crippen molar-refractivity contribution in [1.82, 2.24) is 14.5 Å². The number of ether oxygens (including phenoxy) is 1. The third-order valence-electron chi connectivity index (χ3n) is 7.53. The van der Waals surface area contributed by atoms with Crippen molar-refractivity contribution in [3.63, 3.8) is 0 Å². The molecule has 6 N–H and O–H groups in total. The molecule has 0 saturated carbocycles. The summed E-state index contributed by atoms with van der Waals surface area (Å²) in [6.07, 6.45) is -1.44. The standard InChI is InChI=1S/C26H30F4N8O2/c1-13(38-12-36-20-23(31)34-11-35-25(20)38)15-6-14(16-7-18(28)19(40-2)8-17(16)27)9-33-24(15)37-5-3-4-26(32,10-37)21(39)22(29)30/h6-9,12-13,21-22,35,39H,3-5,10-11,32H2,1-2H3,(H2,31,34)/t13-,21+,26+/m0/s1. The summed E-state index contributed by atoms with van der Waals surface area (Å²) in [7, 11) is 1.24. The number of fused-ring (bicyclic) bond motifs is 1. The molecular weight excluding hydrogens is 532 g/mol. The molecule has 40 heavy (non-hydrogen) atoms. The average Bonchev–Trinajstić information content (AvgIpc) is 3.38. The highest BCUT2D eigenvalue weighted by atomic mass is 19.3. The monoisotopic (exact) mass is 562 g/mol. The first-order valence-electron chi connectivity index (χ1n) is 12.7. The third-order valence-corrected chi connectivity index (χ3v) is 7.53. The molecule has 10 nitrogen and oxygen atoms in total. The molecule has 2 aliphatic rings. The summed E-state index contributed by atoms with van der Waals surface area (Å²) < 4.78 is 63.2. The maximum Gasteiger partial charge on any atom is 0.265 e. The van der Waals surface area contributed by atoms with E-state index in [1.807, 2.05) is 6.92 Å². The molecule has 14 heteroatoms. The molecule has 0 amide bonds. The van der Waals surface area contributed by atoms with Crippen LogP contribution in [0, 0.1) is 11.6 Å². The van der Waals surface area contributed by atoms with Crippen LogP contribution in [0.15, 0.2) is 35.7 Å². The van der Waals surface area contributed by atoms with Crippen LogP contribution in [0.4, 0.5) is 29.2 Å². The predicted molar refractivity (Wildman–Crippen MR) is 142 cm³/mol. The number of anilines is 2. The smallest absolute Gasteiger partial charge is 0.265 e. The van der Waals surface area contributed by atoms with E-state index in [9.17, 15) is 18.3 Å². The maximum atomic E-state index is 15.0. The number of aliphatic hydroxyl groups is 1. The van der Waals surface area contributed by atoms with Gasteiger partial charge < -0.3 is 36.1 Å². The van der Waals surface area contributed by atoms with E-state index in [0.29, 0.717) is 35.9 Å². The second-order valence-electron chi connectivity index (χ2n) is 10.0. The molecular formula is C26H30F4N8O2. The summed E-state index contributed by atoms with van der Waals surface area (Å²) >= 11 is 0. The minimum Gasteiger partial charge on any atom is -0.494 e. The number of alkyl halides is 2. The molecule has 214 valence electrons. The van der Waals surface area contributed by atoms with Gasteiger partial charge in [0.2, 0.25) is 0 Å². The van der Waals surface area contributed by atoms with Gasteiger partial charge >= 0.3 is 0 Å². The number of methoxy groups -OCH3 is 1. The number of nitrogens with zero attached hydrogens (tertiary/aromatic N) is 5. The lowest BCUT2D eigenvalue weighted by molar-refractivity contribution is -0.0529. The minimum atomic E-state index is -3.01. The first-order chi connectivity index (χ1) is 19.0. The summed E-state index contributed by atoms with van der Waals surface area (Å²) in [6.45, 7) is 2.45. The Hall–Kier alpha value is -3.91. The highest BCUT2D eigenvalue weighted by Gasteiger charge is 2.43. The second kappa shape index (κ2) is 10.6. The van der Waals surface area contributed by atoms with Crippen LogP contribution in [0.25, 0.3) is 11.1 Å². The molecule has 1 aromatic carbocycles. The van der Waals surface area contributed by atoms with Crippen molar-refractivity contribution in [2.45, 2.75) is 43.9 Å². The van der Waals surface area contributed by atoms with Crippen molar-refractivity contribution in [1.29, 1.82) is 0 Å². The first-order valence-corrected chi connectivity index (χ1v) is 12.7. The predicted octanol–water partition coefficient (Wildman–Crippen LogP) is 2.85. The van der Waals surface area contributed by atoms with Crippen LogP contribution < -0.4 is 26.4 Å². The third kappa shape index (κ3) is 4.81. The second-order valence-corrected chi connectivity index (χ2v) is 10.0. The highest BCUT2D eigenvalue weighted by molar-refractivity contribution is 6.01. The lowest BCUT2D eigenvalue weighted by atomic mass is 9.84. The maximum absolute atomic E-state index is 15.0. The van der Waals surface area contributed by atoms with Crippen LogP contribution in [-0.2, 0) is 0 Å². The lowest BCUT2D eigenvalue weighted by Crippen LogP contribution is -2.63. The molecule has 0 spiro atoms. The van der Waals surface area contributed by atoms with E-state index in [1.54, 1.807) is 21.9 Å². The normalized spacial score (nSPS) is 20.5. The van der Waals surface area contributed by atoms with Gasteiger partial charge in [-0.05, 0) is 31.9 Å². The Bertz CT molecular complexity index is 1450. The zero-order valence-electron chi connectivity index (χ0n) is 21.9. The zero-order chi connectivity index (χ0) is 28.8. The Morgan fingerprint density at radius 3 is 2.67 bits per heavy atom. The van der Waals surface area contributed by atoms with Crippen LogP contribution in [0.1, 0.15) is 37.1 Å². The lowest BCUT2D eigenvalue weighted by Gasteiger charge is -2.44. The Morgan fingerprint density at radius 1 is 1.18 bits per heavy atom. The average molecular weight is 563 g/mol. The first kappa shape index (κ1) is 27.6. The van der Waals surface area contributed by atoms with Crippen LogP contribution in [-0.4, -0.2) is 70.4 Å². The van der Waals surface area contributed by atoms with Gasteiger partial charge in [-0.3, -0.25) is 0 Å². The van der Waals surface area contributed by atoms with Gasteiger partial charge in [0.25, 0.3) is 6.43 Å². The fraction of sp³-hybridized carbons (Fsp3) is 0.423. The number of amidine groups is 1. The quantitative estimate of drug-likeness (QED) is 0.323. The van der Waals surface area contributed by atoms with E-state index in [2.05, 4.69) is 20.3 Å². The number of rotatable bonds is 7. The van der Waals surface area contributed by atoms with E-state index in [4.69, 9.17) is 16.2 Å². The van der Waals surface area contributed by atoms with E-state index in [-0.39, 0.29) is 42.3 Å². The number of nitrogens with one attached hydrogen (secondary N) is 1. The molecule has 3 atom stereocenters. The number of aliphatic hydroxyl groups excluding tert-OH is 1. The van der Waals surface area contributed by atoms with Gasteiger partial charge in [-0.15, -0.1) is 0 Å². The molecule has 0 aliphatic carbocycles. The molecule has 1 saturated heterocycles. The SMILES string of the molecule is COc1cc(F)c(-c2cnc(N3CCC[C@](N)([C@H](O)C(F)F)C3)c([C@H](C)n3cnc4c3NCN=C4N)c2)cc1F. The molecule has 2 aliphatic heterocycles. The number of hydrogen-bond acceptors (Lipinski definition) is 9. The topological polar surface area (TPSA) is 140 Å². The van der Waals surface area contributed by atoms with Crippen LogP contribution in [0.5, 0.6) is 5.75 Å². The molecule has 5 rings (SSSR count). The van der Waals surface area contributed by atoms with E-state index in [0.717, 1.165) is 12.1 Å². The summed E-state index contributed by atoms with van der Waals surface area (Å²) in [6, 6.07) is 3.17. The van der Waals surface area contributed by atoms with E-state index >= 15 is 4.39 Å². The molecule has 3 aromatic rings. The fourth-order valence-electron chi connectivity index (χ4n) is 5.33. The largest absolute Gasteiger partial charge is 0.494 e. The molecule has 0 radical (unpaired) electrons. The minimum absolute atomic E-state index is 0.0344. The van der Waals surface area contributed by atoms with E-state index < -0.39 is 35.7 Å². The zero-order valence-corrected chi connectivity index (χ0v) is 21.9. The molecule has 2 aromatic heterocycles. The van der Waals surface area contributed by atoms with Crippen LogP contribution >= 0.6 is 0 Å².